The molecule has 5 aromatic rings. The first-order valence-corrected chi connectivity index (χ1v) is 9.72. The molecule has 0 aliphatic heterocycles. The van der Waals surface area contributed by atoms with E-state index in [4.69, 9.17) is 5.11 Å². The smallest absolute Gasteiger partial charge is 0.411 e. The maximum absolute atomic E-state index is 14.5. The van der Waals surface area contributed by atoms with Crippen LogP contribution in [0.4, 0.5) is 15.1 Å². The predicted octanol–water partition coefficient (Wildman–Crippen LogP) is 4.29. The van der Waals surface area contributed by atoms with Crippen LogP contribution in [0, 0.1) is 5.82 Å². The number of carbonyl (C=O) groups is 1. The summed E-state index contributed by atoms with van der Waals surface area (Å²) in [5.41, 5.74) is 3.64. The molecule has 0 unspecified atom stereocenters. The van der Waals surface area contributed by atoms with Crippen LogP contribution in [-0.4, -0.2) is 31.4 Å². The van der Waals surface area contributed by atoms with E-state index >= 15 is 0 Å². The number of rotatable bonds is 4. The van der Waals surface area contributed by atoms with Crippen molar-refractivity contribution < 1.29 is 14.3 Å². The minimum Gasteiger partial charge on any atom is -0.465 e. The Balaban J connectivity index is 1.53. The number of benzene rings is 3. The van der Waals surface area contributed by atoms with Gasteiger partial charge in [-0.05, 0) is 47.0 Å². The van der Waals surface area contributed by atoms with Gasteiger partial charge < -0.3 is 10.1 Å². The molecule has 0 saturated carbocycles. The molecule has 158 valence electrons. The van der Waals surface area contributed by atoms with Crippen LogP contribution in [0.1, 0.15) is 11.3 Å². The molecule has 0 aliphatic rings. The van der Waals surface area contributed by atoms with Crippen LogP contribution in [0.25, 0.3) is 32.9 Å². The minimum absolute atomic E-state index is 0.112. The summed E-state index contributed by atoms with van der Waals surface area (Å²) in [6.45, 7) is 0. The number of H-pyrrole nitrogens is 2. The second kappa shape index (κ2) is 7.62. The van der Waals surface area contributed by atoms with E-state index in [0.717, 1.165) is 10.9 Å². The van der Waals surface area contributed by atoms with Crippen LogP contribution in [0.2, 0.25) is 0 Å². The minimum atomic E-state index is -1.22. The van der Waals surface area contributed by atoms with Crippen molar-refractivity contribution in [3.8, 4) is 11.1 Å². The summed E-state index contributed by atoms with van der Waals surface area (Å²) in [7, 11) is 0. The first kappa shape index (κ1) is 19.4. The number of carboxylic acid groups (broad SMARTS) is 1. The number of nitrogens with one attached hydrogen (secondary N) is 3. The number of nitrogens with zero attached hydrogens (tertiary/aromatic N) is 2. The second-order valence-electron chi connectivity index (χ2n) is 7.32. The number of aromatic amines is 2. The molecule has 2 heterocycles. The summed E-state index contributed by atoms with van der Waals surface area (Å²) in [6.07, 6.45) is -0.887. The number of hydrogen-bond acceptors (Lipinski definition) is 4. The average molecular weight is 429 g/mol. The van der Waals surface area contributed by atoms with E-state index in [9.17, 15) is 14.0 Å². The predicted molar refractivity (Wildman–Crippen MR) is 118 cm³/mol. The topological polar surface area (TPSA) is 124 Å². The van der Waals surface area contributed by atoms with Gasteiger partial charge in [-0.3, -0.25) is 10.1 Å². The molecule has 0 spiro atoms. The van der Waals surface area contributed by atoms with Crippen molar-refractivity contribution in [1.82, 2.24) is 20.2 Å². The highest BCUT2D eigenvalue weighted by molar-refractivity contribution is 5.87. The highest BCUT2D eigenvalue weighted by Gasteiger charge is 2.11. The van der Waals surface area contributed by atoms with Crippen LogP contribution >= 0.6 is 0 Å². The molecule has 32 heavy (non-hydrogen) atoms. The van der Waals surface area contributed by atoms with Gasteiger partial charge in [0.2, 0.25) is 5.95 Å². The molecule has 5 rings (SSSR count). The third-order valence-corrected chi connectivity index (χ3v) is 5.15. The van der Waals surface area contributed by atoms with E-state index in [1.165, 1.54) is 12.1 Å². The molecule has 3 aromatic carbocycles. The Morgan fingerprint density at radius 3 is 2.66 bits per heavy atom. The summed E-state index contributed by atoms with van der Waals surface area (Å²) < 4.78 is 14.5. The van der Waals surface area contributed by atoms with Crippen molar-refractivity contribution in [2.75, 3.05) is 5.32 Å². The van der Waals surface area contributed by atoms with Gasteiger partial charge in [-0.15, -0.1) is 0 Å². The van der Waals surface area contributed by atoms with Gasteiger partial charge in [0.15, 0.2) is 0 Å². The molecule has 4 N–H and O–H groups in total. The number of fused-ring (bicyclic) bond motifs is 2. The van der Waals surface area contributed by atoms with Crippen molar-refractivity contribution in [3.05, 3.63) is 88.1 Å². The molecule has 0 fully saturated rings. The van der Waals surface area contributed by atoms with E-state index < -0.39 is 11.9 Å². The lowest BCUT2D eigenvalue weighted by Gasteiger charge is -2.08. The van der Waals surface area contributed by atoms with Crippen molar-refractivity contribution in [3.63, 3.8) is 0 Å². The Morgan fingerprint density at radius 2 is 1.84 bits per heavy atom. The maximum Gasteiger partial charge on any atom is 0.411 e. The average Bonchev–Trinajstić information content (AvgIpc) is 3.16. The number of anilines is 1. The van der Waals surface area contributed by atoms with Crippen molar-refractivity contribution in [2.24, 2.45) is 0 Å². The summed E-state index contributed by atoms with van der Waals surface area (Å²) in [5, 5.41) is 19.0. The Kier molecular flexibility index (Phi) is 4.63. The SMILES string of the molecule is O=C(O)Nc1nc2cc(-c3cc(F)cc(Cc4n[nH]c(=O)c5ccccc45)c3)ccc2[nH]1. The molecule has 0 aliphatic carbocycles. The number of amides is 1. The van der Waals surface area contributed by atoms with E-state index in [1.807, 2.05) is 18.2 Å². The molecule has 8 nitrogen and oxygen atoms in total. The van der Waals surface area contributed by atoms with Crippen molar-refractivity contribution in [1.29, 1.82) is 0 Å². The fourth-order valence-electron chi connectivity index (χ4n) is 3.76. The first-order valence-electron chi connectivity index (χ1n) is 9.72. The van der Waals surface area contributed by atoms with Crippen LogP contribution in [0.15, 0.2) is 65.5 Å². The van der Waals surface area contributed by atoms with Gasteiger partial charge >= 0.3 is 6.09 Å². The molecular weight excluding hydrogens is 413 g/mol. The van der Waals surface area contributed by atoms with Crippen molar-refractivity contribution >= 4 is 33.8 Å². The van der Waals surface area contributed by atoms with Gasteiger partial charge in [-0.25, -0.2) is 19.3 Å². The van der Waals surface area contributed by atoms with Gasteiger partial charge in [0.1, 0.15) is 5.82 Å². The fraction of sp³-hybridized carbons (Fsp3) is 0.0435. The summed E-state index contributed by atoms with van der Waals surface area (Å²) in [4.78, 5) is 29.9. The Hall–Kier alpha value is -4.53. The van der Waals surface area contributed by atoms with E-state index in [-0.39, 0.29) is 11.5 Å². The highest BCUT2D eigenvalue weighted by Crippen LogP contribution is 2.27. The van der Waals surface area contributed by atoms with Crippen molar-refractivity contribution in [2.45, 2.75) is 6.42 Å². The number of halogens is 1. The molecule has 9 heteroatoms. The second-order valence-corrected chi connectivity index (χ2v) is 7.32. The standard InChI is InChI=1S/C23H16FN5O3/c24-15-8-12(9-19-16-3-1-2-4-17(16)21(30)29-28-19)7-14(10-15)13-5-6-18-20(11-13)26-22(25-18)27-23(31)32/h1-8,10-11H,9H2,(H,29,30)(H,31,32)(H2,25,26,27). The van der Waals surface area contributed by atoms with E-state index in [2.05, 4.69) is 25.5 Å². The van der Waals surface area contributed by atoms with Gasteiger partial charge in [-0.2, -0.15) is 5.10 Å². The number of aromatic nitrogens is 4. The lowest BCUT2D eigenvalue weighted by atomic mass is 9.99. The quantitative estimate of drug-likeness (QED) is 0.339. The lowest BCUT2D eigenvalue weighted by Crippen LogP contribution is -2.11. The lowest BCUT2D eigenvalue weighted by molar-refractivity contribution is 0.209. The van der Waals surface area contributed by atoms with Gasteiger partial charge in [-0.1, -0.05) is 30.3 Å². The zero-order valence-electron chi connectivity index (χ0n) is 16.5. The van der Waals surface area contributed by atoms with Gasteiger partial charge in [0.25, 0.3) is 5.56 Å². The Labute approximate surface area is 179 Å². The van der Waals surface area contributed by atoms with E-state index in [1.54, 1.807) is 30.3 Å². The Morgan fingerprint density at radius 1 is 1.03 bits per heavy atom. The molecule has 1 amide bonds. The molecule has 2 aromatic heterocycles. The van der Waals surface area contributed by atoms with E-state index in [0.29, 0.717) is 39.7 Å². The fourth-order valence-corrected chi connectivity index (χ4v) is 3.76. The van der Waals surface area contributed by atoms with Gasteiger partial charge in [0.05, 0.1) is 22.1 Å². The zero-order chi connectivity index (χ0) is 22.2. The maximum atomic E-state index is 14.5. The monoisotopic (exact) mass is 429 g/mol. The number of hydrogen-bond donors (Lipinski definition) is 4. The molecular formula is C23H16FN5O3. The molecule has 0 radical (unpaired) electrons. The van der Waals surface area contributed by atoms with Crippen LogP contribution in [0.3, 0.4) is 0 Å². The summed E-state index contributed by atoms with van der Waals surface area (Å²) >= 11 is 0. The van der Waals surface area contributed by atoms with Crippen LogP contribution in [-0.2, 0) is 6.42 Å². The van der Waals surface area contributed by atoms with Crippen LogP contribution < -0.4 is 10.9 Å². The Bertz CT molecular complexity index is 1560. The molecule has 0 atom stereocenters. The zero-order valence-corrected chi connectivity index (χ0v) is 16.5. The normalized spacial score (nSPS) is 11.2. The molecule has 0 bridgehead atoms. The van der Waals surface area contributed by atoms with Gasteiger partial charge in [0, 0.05) is 11.8 Å². The van der Waals surface area contributed by atoms with Crippen LogP contribution in [0.5, 0.6) is 0 Å². The number of imidazole rings is 1. The third kappa shape index (κ3) is 3.67. The summed E-state index contributed by atoms with van der Waals surface area (Å²) in [5.74, 6) is -0.290. The highest BCUT2D eigenvalue weighted by atomic mass is 19.1. The summed E-state index contributed by atoms with van der Waals surface area (Å²) in [6, 6.07) is 17.2. The molecule has 0 saturated heterocycles. The first-order chi connectivity index (χ1) is 15.5. The largest absolute Gasteiger partial charge is 0.465 e. The third-order valence-electron chi connectivity index (χ3n) is 5.15.